The van der Waals surface area contributed by atoms with Crippen LogP contribution in [0.4, 0.5) is 30.7 Å². The molecule has 208 valence electrons. The standard InChI is InChI=1S/C26H22F7N3O3/c1-2-19-22(30)25(38)36-23(35-19)20-18(26(31,32)33)4-3-13(21(20)29)10-34-24(37)14-7-17(8-14)39-11-12-5-15(27)9-16(28)6-12/h3-6,9,14,17H,2,7-8,10-11H2,1H3,(H,34,37)(H,35,36,38). The summed E-state index contributed by atoms with van der Waals surface area (Å²) < 4.78 is 102. The Labute approximate surface area is 217 Å². The topological polar surface area (TPSA) is 84.1 Å². The third kappa shape index (κ3) is 6.29. The van der Waals surface area contributed by atoms with E-state index in [4.69, 9.17) is 4.74 Å². The number of carbonyl (C=O) groups is 1. The van der Waals surface area contributed by atoms with Gasteiger partial charge in [-0.25, -0.2) is 18.2 Å². The van der Waals surface area contributed by atoms with E-state index in [2.05, 4.69) is 10.3 Å². The molecule has 6 nitrogen and oxygen atoms in total. The van der Waals surface area contributed by atoms with Crippen molar-refractivity contribution in [3.8, 4) is 11.4 Å². The van der Waals surface area contributed by atoms with Gasteiger partial charge in [-0.15, -0.1) is 0 Å². The van der Waals surface area contributed by atoms with Gasteiger partial charge < -0.3 is 15.0 Å². The van der Waals surface area contributed by atoms with E-state index in [-0.39, 0.29) is 43.1 Å². The molecule has 1 heterocycles. The summed E-state index contributed by atoms with van der Waals surface area (Å²) in [6.07, 6.45) is -4.92. The van der Waals surface area contributed by atoms with Crippen LogP contribution >= 0.6 is 0 Å². The van der Waals surface area contributed by atoms with Gasteiger partial charge in [-0.3, -0.25) is 9.59 Å². The van der Waals surface area contributed by atoms with Gasteiger partial charge in [0.25, 0.3) is 5.56 Å². The average molecular weight is 557 g/mol. The van der Waals surface area contributed by atoms with Crippen LogP contribution in [0.1, 0.15) is 42.1 Å². The Morgan fingerprint density at radius 1 is 1.08 bits per heavy atom. The number of carbonyl (C=O) groups excluding carboxylic acids is 1. The maximum absolute atomic E-state index is 15.4. The number of halogens is 7. The van der Waals surface area contributed by atoms with Crippen molar-refractivity contribution in [1.29, 1.82) is 0 Å². The van der Waals surface area contributed by atoms with Crippen molar-refractivity contribution in [2.24, 2.45) is 5.92 Å². The molecule has 0 spiro atoms. The van der Waals surface area contributed by atoms with E-state index < -0.39 is 76.0 Å². The second-order valence-electron chi connectivity index (χ2n) is 9.08. The Morgan fingerprint density at radius 2 is 1.74 bits per heavy atom. The number of aromatic nitrogens is 2. The highest BCUT2D eigenvalue weighted by Crippen LogP contribution is 2.38. The van der Waals surface area contributed by atoms with Gasteiger partial charge in [0.1, 0.15) is 23.3 Å². The summed E-state index contributed by atoms with van der Waals surface area (Å²) in [6, 6.07) is 4.43. The normalized spacial score (nSPS) is 17.1. The number of hydrogen-bond donors (Lipinski definition) is 2. The Balaban J connectivity index is 1.44. The number of hydrogen-bond acceptors (Lipinski definition) is 4. The first-order valence-corrected chi connectivity index (χ1v) is 11.9. The van der Waals surface area contributed by atoms with Crippen molar-refractivity contribution in [3.63, 3.8) is 0 Å². The van der Waals surface area contributed by atoms with Crippen LogP contribution in [-0.4, -0.2) is 22.0 Å². The molecule has 0 radical (unpaired) electrons. The number of aromatic amines is 1. The van der Waals surface area contributed by atoms with Gasteiger partial charge in [-0.2, -0.15) is 17.6 Å². The fourth-order valence-electron chi connectivity index (χ4n) is 4.23. The molecule has 2 aromatic carbocycles. The monoisotopic (exact) mass is 557 g/mol. The summed E-state index contributed by atoms with van der Waals surface area (Å²) in [7, 11) is 0. The summed E-state index contributed by atoms with van der Waals surface area (Å²) in [6.45, 7) is 0.901. The predicted octanol–water partition coefficient (Wildman–Crippen LogP) is 5.19. The van der Waals surface area contributed by atoms with E-state index in [1.165, 1.54) is 6.92 Å². The number of alkyl halides is 3. The average Bonchev–Trinajstić information content (AvgIpc) is 2.82. The highest BCUT2D eigenvalue weighted by molar-refractivity contribution is 5.79. The maximum atomic E-state index is 15.4. The Kier molecular flexibility index (Phi) is 8.09. The van der Waals surface area contributed by atoms with Crippen LogP contribution in [-0.2, 0) is 35.3 Å². The summed E-state index contributed by atoms with van der Waals surface area (Å²) >= 11 is 0. The fraction of sp³-hybridized carbons (Fsp3) is 0.346. The van der Waals surface area contributed by atoms with Crippen LogP contribution in [0.5, 0.6) is 0 Å². The Morgan fingerprint density at radius 3 is 2.36 bits per heavy atom. The lowest BCUT2D eigenvalue weighted by molar-refractivity contribution is -0.137. The lowest BCUT2D eigenvalue weighted by Gasteiger charge is -2.34. The molecule has 4 rings (SSSR count). The van der Waals surface area contributed by atoms with Crippen molar-refractivity contribution in [1.82, 2.24) is 15.3 Å². The molecule has 1 saturated carbocycles. The quantitative estimate of drug-likeness (QED) is 0.374. The molecular formula is C26H22F7N3O3. The minimum atomic E-state index is -5.02. The second kappa shape index (κ2) is 11.2. The molecule has 1 aromatic heterocycles. The van der Waals surface area contributed by atoms with Gasteiger partial charge in [0.2, 0.25) is 11.7 Å². The molecule has 1 aliphatic carbocycles. The van der Waals surface area contributed by atoms with E-state index in [1.807, 2.05) is 4.98 Å². The summed E-state index contributed by atoms with van der Waals surface area (Å²) in [5, 5.41) is 2.46. The van der Waals surface area contributed by atoms with Crippen molar-refractivity contribution >= 4 is 5.91 Å². The van der Waals surface area contributed by atoms with Crippen LogP contribution in [0.15, 0.2) is 35.1 Å². The summed E-state index contributed by atoms with van der Waals surface area (Å²) in [5.41, 5.74) is -4.28. The van der Waals surface area contributed by atoms with Gasteiger partial charge >= 0.3 is 6.18 Å². The van der Waals surface area contributed by atoms with Gasteiger partial charge in [-0.05, 0) is 43.0 Å². The first kappa shape index (κ1) is 28.3. The van der Waals surface area contributed by atoms with E-state index in [9.17, 15) is 35.9 Å². The van der Waals surface area contributed by atoms with E-state index in [1.54, 1.807) is 0 Å². The molecule has 13 heteroatoms. The lowest BCUT2D eigenvalue weighted by Crippen LogP contribution is -2.42. The highest BCUT2D eigenvalue weighted by atomic mass is 19.4. The third-order valence-corrected chi connectivity index (χ3v) is 6.36. The minimum absolute atomic E-state index is 0.0630. The van der Waals surface area contributed by atoms with Crippen molar-refractivity contribution in [3.05, 3.63) is 86.3 Å². The molecule has 0 bridgehead atoms. The van der Waals surface area contributed by atoms with Crippen LogP contribution < -0.4 is 10.9 Å². The van der Waals surface area contributed by atoms with Crippen LogP contribution in [0.3, 0.4) is 0 Å². The SMILES string of the molecule is CCc1nc(-c2c(C(F)(F)F)ccc(CNC(=O)C3CC(OCc4cc(F)cc(F)c4)C3)c2F)[nH]c(=O)c1F. The first-order valence-electron chi connectivity index (χ1n) is 11.9. The molecular weight excluding hydrogens is 535 g/mol. The van der Waals surface area contributed by atoms with Gasteiger partial charge in [-0.1, -0.05) is 13.0 Å². The van der Waals surface area contributed by atoms with Crippen molar-refractivity contribution in [2.45, 2.75) is 51.6 Å². The molecule has 0 unspecified atom stereocenters. The maximum Gasteiger partial charge on any atom is 0.417 e. The summed E-state index contributed by atoms with van der Waals surface area (Å²) in [4.78, 5) is 29.9. The molecule has 1 fully saturated rings. The van der Waals surface area contributed by atoms with Crippen molar-refractivity contribution in [2.75, 3.05) is 0 Å². The number of H-pyrrole nitrogens is 1. The van der Waals surface area contributed by atoms with Gasteiger partial charge in [0.15, 0.2) is 0 Å². The van der Waals surface area contributed by atoms with Crippen molar-refractivity contribution < 1.29 is 40.3 Å². The highest BCUT2D eigenvalue weighted by Gasteiger charge is 2.38. The third-order valence-electron chi connectivity index (χ3n) is 6.36. The zero-order valence-electron chi connectivity index (χ0n) is 20.4. The number of rotatable bonds is 8. The zero-order chi connectivity index (χ0) is 28.5. The second-order valence-corrected chi connectivity index (χ2v) is 9.08. The number of amides is 1. The first-order chi connectivity index (χ1) is 18.4. The molecule has 1 aliphatic rings. The van der Waals surface area contributed by atoms with E-state index >= 15 is 4.39 Å². The molecule has 0 atom stereocenters. The Hall–Kier alpha value is -3.74. The van der Waals surface area contributed by atoms with Crippen LogP contribution in [0.25, 0.3) is 11.4 Å². The molecule has 0 saturated heterocycles. The van der Waals surface area contributed by atoms with Gasteiger partial charge in [0, 0.05) is 24.1 Å². The lowest BCUT2D eigenvalue weighted by atomic mass is 9.81. The largest absolute Gasteiger partial charge is 0.417 e. The minimum Gasteiger partial charge on any atom is -0.373 e. The molecule has 0 aliphatic heterocycles. The molecule has 1 amide bonds. The van der Waals surface area contributed by atoms with E-state index in [0.717, 1.165) is 24.3 Å². The van der Waals surface area contributed by atoms with E-state index in [0.29, 0.717) is 6.07 Å². The number of aryl methyl sites for hydroxylation is 1. The Bertz CT molecular complexity index is 1430. The molecule has 3 aromatic rings. The van der Waals surface area contributed by atoms with Gasteiger partial charge in [0.05, 0.1) is 29.5 Å². The smallest absolute Gasteiger partial charge is 0.373 e. The zero-order valence-corrected chi connectivity index (χ0v) is 20.4. The summed E-state index contributed by atoms with van der Waals surface area (Å²) in [5.74, 6) is -5.93. The van der Waals surface area contributed by atoms with Crippen LogP contribution in [0.2, 0.25) is 0 Å². The number of nitrogens with one attached hydrogen (secondary N) is 2. The predicted molar refractivity (Wildman–Crippen MR) is 124 cm³/mol. The number of nitrogens with zero attached hydrogens (tertiary/aromatic N) is 1. The molecule has 2 N–H and O–H groups in total. The number of ether oxygens (including phenoxy) is 1. The molecule has 39 heavy (non-hydrogen) atoms. The fourth-order valence-corrected chi connectivity index (χ4v) is 4.23. The number of benzene rings is 2. The van der Waals surface area contributed by atoms with Crippen LogP contribution in [0, 0.1) is 29.2 Å².